The van der Waals surface area contributed by atoms with Crippen LogP contribution in [-0.4, -0.2) is 48.9 Å². The molecule has 1 amide bonds. The number of benzene rings is 1. The van der Waals surface area contributed by atoms with E-state index >= 15 is 0 Å². The van der Waals surface area contributed by atoms with Gasteiger partial charge in [0.25, 0.3) is 0 Å². The van der Waals surface area contributed by atoms with Crippen LogP contribution < -0.4 is 5.73 Å². The summed E-state index contributed by atoms with van der Waals surface area (Å²) < 4.78 is 0. The fourth-order valence-electron chi connectivity index (χ4n) is 2.68. The molecule has 0 aromatic heterocycles. The number of likely N-dealkylation sites (N-methyl/N-ethyl adjacent to an activating group) is 1. The normalized spacial score (nSPS) is 15.0. The van der Waals surface area contributed by atoms with E-state index in [2.05, 4.69) is 11.0 Å². The molecule has 0 saturated carbocycles. The van der Waals surface area contributed by atoms with Gasteiger partial charge in [0, 0.05) is 18.8 Å². The van der Waals surface area contributed by atoms with E-state index in [-0.39, 0.29) is 5.91 Å². The minimum absolute atomic E-state index is 0.272. The molecule has 1 fully saturated rings. The summed E-state index contributed by atoms with van der Waals surface area (Å²) in [5.41, 5.74) is 7.85. The molecule has 1 heterocycles. The second kappa shape index (κ2) is 7.29. The lowest BCUT2D eigenvalue weighted by Crippen LogP contribution is -2.37. The van der Waals surface area contributed by atoms with E-state index in [9.17, 15) is 4.79 Å². The molecular weight excluding hydrogens is 250 g/mol. The number of carbonyl (C=O) groups excluding carboxylic acids is 1. The molecule has 0 spiro atoms. The summed E-state index contributed by atoms with van der Waals surface area (Å²) in [5.74, 6) is 0.272. The average Bonchev–Trinajstić information content (AvgIpc) is 2.92. The van der Waals surface area contributed by atoms with Gasteiger partial charge in [0.1, 0.15) is 0 Å². The van der Waals surface area contributed by atoms with Crippen molar-refractivity contribution in [3.63, 3.8) is 0 Å². The lowest BCUT2D eigenvalue weighted by Gasteiger charge is -2.21. The number of hydrogen-bond acceptors (Lipinski definition) is 3. The fraction of sp³-hybridized carbons (Fsp3) is 0.562. The predicted octanol–water partition coefficient (Wildman–Crippen LogP) is 1.76. The zero-order chi connectivity index (χ0) is 14.4. The third kappa shape index (κ3) is 4.53. The highest BCUT2D eigenvalue weighted by molar-refractivity contribution is 5.78. The predicted molar refractivity (Wildman–Crippen MR) is 82.5 cm³/mol. The Labute approximate surface area is 121 Å². The molecule has 1 aromatic carbocycles. The van der Waals surface area contributed by atoms with Crippen molar-refractivity contribution in [1.82, 2.24) is 9.80 Å². The number of amides is 1. The van der Waals surface area contributed by atoms with Gasteiger partial charge in [-0.15, -0.1) is 0 Å². The first-order valence-corrected chi connectivity index (χ1v) is 7.46. The zero-order valence-corrected chi connectivity index (χ0v) is 12.3. The van der Waals surface area contributed by atoms with Crippen LogP contribution in [0.2, 0.25) is 0 Å². The van der Waals surface area contributed by atoms with Crippen molar-refractivity contribution in [2.24, 2.45) is 0 Å². The number of carbonyl (C=O) groups is 1. The lowest BCUT2D eigenvalue weighted by molar-refractivity contribution is -0.131. The summed E-state index contributed by atoms with van der Waals surface area (Å²) in [5, 5.41) is 0. The van der Waals surface area contributed by atoms with Crippen LogP contribution in [0.25, 0.3) is 0 Å². The highest BCUT2D eigenvalue weighted by atomic mass is 16.2. The highest BCUT2D eigenvalue weighted by Crippen LogP contribution is 2.10. The number of aryl methyl sites for hydroxylation is 1. The number of hydrogen-bond donors (Lipinski definition) is 1. The molecule has 1 aliphatic heterocycles. The van der Waals surface area contributed by atoms with E-state index in [0.29, 0.717) is 6.54 Å². The fourth-order valence-corrected chi connectivity index (χ4v) is 2.68. The summed E-state index contributed by atoms with van der Waals surface area (Å²) in [6.45, 7) is 3.36. The molecule has 2 rings (SSSR count). The molecule has 1 saturated heterocycles. The molecule has 2 N–H and O–H groups in total. The first kappa shape index (κ1) is 14.9. The SMILES string of the molecule is CN(CCCc1cccc(N)c1)CC(=O)N1CCCC1. The molecule has 4 nitrogen and oxygen atoms in total. The van der Waals surface area contributed by atoms with Gasteiger partial charge < -0.3 is 10.6 Å². The third-order valence-corrected chi connectivity index (χ3v) is 3.82. The number of likely N-dealkylation sites (tertiary alicyclic amines) is 1. The number of rotatable bonds is 6. The van der Waals surface area contributed by atoms with Crippen LogP contribution >= 0.6 is 0 Å². The van der Waals surface area contributed by atoms with Crippen LogP contribution in [0.4, 0.5) is 5.69 Å². The van der Waals surface area contributed by atoms with Crippen LogP contribution in [0.3, 0.4) is 0 Å². The Balaban J connectivity index is 1.67. The first-order valence-electron chi connectivity index (χ1n) is 7.46. The van der Waals surface area contributed by atoms with Crippen molar-refractivity contribution in [1.29, 1.82) is 0 Å². The Bertz CT molecular complexity index is 441. The van der Waals surface area contributed by atoms with Gasteiger partial charge >= 0.3 is 0 Å². The van der Waals surface area contributed by atoms with Crippen LogP contribution in [0.1, 0.15) is 24.8 Å². The van der Waals surface area contributed by atoms with Gasteiger partial charge in [-0.3, -0.25) is 9.69 Å². The molecule has 1 aromatic rings. The number of nitrogen functional groups attached to an aromatic ring is 1. The molecule has 0 bridgehead atoms. The minimum Gasteiger partial charge on any atom is -0.399 e. The van der Waals surface area contributed by atoms with E-state index in [1.165, 1.54) is 5.56 Å². The minimum atomic E-state index is 0.272. The van der Waals surface area contributed by atoms with Crippen molar-refractivity contribution in [2.45, 2.75) is 25.7 Å². The van der Waals surface area contributed by atoms with Crippen molar-refractivity contribution < 1.29 is 4.79 Å². The Hall–Kier alpha value is -1.55. The number of anilines is 1. The molecule has 1 aliphatic rings. The molecule has 20 heavy (non-hydrogen) atoms. The molecular formula is C16H25N3O. The Morgan fingerprint density at radius 2 is 2.10 bits per heavy atom. The van der Waals surface area contributed by atoms with Crippen LogP contribution in [0.15, 0.2) is 24.3 Å². The Kier molecular flexibility index (Phi) is 5.41. The van der Waals surface area contributed by atoms with Gasteiger partial charge in [-0.05, 0) is 57.0 Å². The maximum absolute atomic E-state index is 12.0. The molecule has 110 valence electrons. The monoisotopic (exact) mass is 275 g/mol. The van der Waals surface area contributed by atoms with Crippen molar-refractivity contribution in [3.05, 3.63) is 29.8 Å². The first-order chi connectivity index (χ1) is 9.65. The number of nitrogens with zero attached hydrogens (tertiary/aromatic N) is 2. The second-order valence-corrected chi connectivity index (χ2v) is 5.67. The summed E-state index contributed by atoms with van der Waals surface area (Å²) in [6.07, 6.45) is 4.37. The Morgan fingerprint density at radius 1 is 1.35 bits per heavy atom. The quantitative estimate of drug-likeness (QED) is 0.805. The van der Waals surface area contributed by atoms with E-state index < -0.39 is 0 Å². The van der Waals surface area contributed by atoms with E-state index in [4.69, 9.17) is 5.73 Å². The van der Waals surface area contributed by atoms with Gasteiger partial charge in [-0.25, -0.2) is 0 Å². The summed E-state index contributed by atoms with van der Waals surface area (Å²) in [4.78, 5) is 16.1. The van der Waals surface area contributed by atoms with Crippen LogP contribution in [0.5, 0.6) is 0 Å². The zero-order valence-electron chi connectivity index (χ0n) is 12.3. The van der Waals surface area contributed by atoms with Crippen molar-refractivity contribution in [2.75, 3.05) is 39.0 Å². The highest BCUT2D eigenvalue weighted by Gasteiger charge is 2.18. The van der Waals surface area contributed by atoms with Gasteiger partial charge in [-0.1, -0.05) is 12.1 Å². The van der Waals surface area contributed by atoms with Gasteiger partial charge in [0.15, 0.2) is 0 Å². The maximum Gasteiger partial charge on any atom is 0.236 e. The average molecular weight is 275 g/mol. The van der Waals surface area contributed by atoms with E-state index in [1.54, 1.807) is 0 Å². The largest absolute Gasteiger partial charge is 0.399 e. The Morgan fingerprint density at radius 3 is 2.80 bits per heavy atom. The van der Waals surface area contributed by atoms with Crippen LogP contribution in [-0.2, 0) is 11.2 Å². The van der Waals surface area contributed by atoms with Crippen LogP contribution in [0, 0.1) is 0 Å². The number of nitrogens with two attached hydrogens (primary N) is 1. The van der Waals surface area contributed by atoms with Crippen molar-refractivity contribution >= 4 is 11.6 Å². The molecule has 0 aliphatic carbocycles. The van der Waals surface area contributed by atoms with E-state index in [0.717, 1.165) is 51.0 Å². The van der Waals surface area contributed by atoms with Gasteiger partial charge in [-0.2, -0.15) is 0 Å². The summed E-state index contributed by atoms with van der Waals surface area (Å²) in [7, 11) is 2.02. The lowest BCUT2D eigenvalue weighted by atomic mass is 10.1. The third-order valence-electron chi connectivity index (χ3n) is 3.82. The smallest absolute Gasteiger partial charge is 0.236 e. The van der Waals surface area contributed by atoms with Crippen molar-refractivity contribution in [3.8, 4) is 0 Å². The molecule has 4 heteroatoms. The summed E-state index contributed by atoms with van der Waals surface area (Å²) >= 11 is 0. The topological polar surface area (TPSA) is 49.6 Å². The van der Waals surface area contributed by atoms with E-state index in [1.807, 2.05) is 30.1 Å². The second-order valence-electron chi connectivity index (χ2n) is 5.67. The maximum atomic E-state index is 12.0. The summed E-state index contributed by atoms with van der Waals surface area (Å²) in [6, 6.07) is 8.02. The molecule has 0 atom stereocenters. The molecule has 0 radical (unpaired) electrons. The van der Waals surface area contributed by atoms with Gasteiger partial charge in [0.2, 0.25) is 5.91 Å². The van der Waals surface area contributed by atoms with Gasteiger partial charge in [0.05, 0.1) is 6.54 Å². The standard InChI is InChI=1S/C16H25N3O/c1-18(13-16(20)19-10-2-3-11-19)9-5-7-14-6-4-8-15(17)12-14/h4,6,8,12H,2-3,5,7,9-11,13,17H2,1H3. The molecule has 0 unspecified atom stereocenters.